The van der Waals surface area contributed by atoms with Crippen LogP contribution in [-0.4, -0.2) is 51.1 Å². The Hall–Kier alpha value is -2.78. The molecule has 0 saturated carbocycles. The molecule has 0 bridgehead atoms. The number of pyridine rings is 1. The standard InChI is InChI=1S/C19H14BrClFN5O2/c20-12-5-11(6-13(22)7-12)16-9-15(19(29)26-4-3-24-18(28)10-26)25-27(16)14-1-2-23-17(21)8-14/h1-2,5-9H,3-4,10H2,(H,24,28). The van der Waals surface area contributed by atoms with Crippen LogP contribution in [0.1, 0.15) is 10.5 Å². The van der Waals surface area contributed by atoms with Crippen molar-refractivity contribution in [1.29, 1.82) is 0 Å². The maximum absolute atomic E-state index is 14.0. The Morgan fingerprint density at radius 3 is 2.79 bits per heavy atom. The number of amides is 2. The van der Waals surface area contributed by atoms with E-state index in [4.69, 9.17) is 11.6 Å². The number of nitrogens with one attached hydrogen (secondary N) is 1. The lowest BCUT2D eigenvalue weighted by molar-refractivity contribution is -0.123. The van der Waals surface area contributed by atoms with E-state index in [-0.39, 0.29) is 29.2 Å². The molecular formula is C19H14BrClFN5O2. The summed E-state index contributed by atoms with van der Waals surface area (Å²) in [5.41, 5.74) is 1.73. The van der Waals surface area contributed by atoms with E-state index in [1.165, 1.54) is 27.9 Å². The molecule has 3 aromatic rings. The van der Waals surface area contributed by atoms with Gasteiger partial charge in [0.25, 0.3) is 5.91 Å². The molecule has 1 aromatic carbocycles. The summed E-state index contributed by atoms with van der Waals surface area (Å²) in [5, 5.41) is 7.36. The molecule has 2 amide bonds. The van der Waals surface area contributed by atoms with Crippen LogP contribution in [0, 0.1) is 5.82 Å². The monoisotopic (exact) mass is 477 g/mol. The van der Waals surface area contributed by atoms with Gasteiger partial charge in [-0.3, -0.25) is 9.59 Å². The summed E-state index contributed by atoms with van der Waals surface area (Å²) in [6, 6.07) is 9.26. The molecule has 4 rings (SSSR count). The maximum atomic E-state index is 14.0. The fourth-order valence-corrected chi connectivity index (χ4v) is 3.72. The van der Waals surface area contributed by atoms with E-state index in [0.29, 0.717) is 34.5 Å². The third-order valence-corrected chi connectivity index (χ3v) is 5.03. The van der Waals surface area contributed by atoms with E-state index >= 15 is 0 Å². The van der Waals surface area contributed by atoms with Gasteiger partial charge in [-0.25, -0.2) is 14.1 Å². The molecular weight excluding hydrogens is 465 g/mol. The van der Waals surface area contributed by atoms with E-state index in [1.807, 2.05) is 0 Å². The normalized spacial score (nSPS) is 14.0. The highest BCUT2D eigenvalue weighted by atomic mass is 79.9. The van der Waals surface area contributed by atoms with Gasteiger partial charge in [-0.05, 0) is 30.3 Å². The van der Waals surface area contributed by atoms with Crippen molar-refractivity contribution in [3.8, 4) is 16.9 Å². The number of rotatable bonds is 3. The van der Waals surface area contributed by atoms with Crippen molar-refractivity contribution in [1.82, 2.24) is 25.0 Å². The van der Waals surface area contributed by atoms with Crippen molar-refractivity contribution in [3.05, 3.63) is 63.7 Å². The Morgan fingerprint density at radius 1 is 1.24 bits per heavy atom. The largest absolute Gasteiger partial charge is 0.353 e. The molecule has 0 atom stereocenters. The molecule has 0 spiro atoms. The summed E-state index contributed by atoms with van der Waals surface area (Å²) < 4.78 is 16.1. The highest BCUT2D eigenvalue weighted by Crippen LogP contribution is 2.28. The highest BCUT2D eigenvalue weighted by Gasteiger charge is 2.26. The first-order valence-electron chi connectivity index (χ1n) is 8.65. The lowest BCUT2D eigenvalue weighted by atomic mass is 10.1. The number of carbonyl (C=O) groups is 2. The molecule has 1 aliphatic rings. The molecule has 1 aliphatic heterocycles. The Balaban J connectivity index is 1.82. The number of aromatic nitrogens is 3. The molecule has 1 N–H and O–H groups in total. The first-order valence-corrected chi connectivity index (χ1v) is 9.82. The molecule has 148 valence electrons. The van der Waals surface area contributed by atoms with Crippen molar-refractivity contribution in [3.63, 3.8) is 0 Å². The number of nitrogens with zero attached hydrogens (tertiary/aromatic N) is 4. The Kier molecular flexibility index (Phi) is 5.33. The smallest absolute Gasteiger partial charge is 0.274 e. The average molecular weight is 479 g/mol. The Bertz CT molecular complexity index is 1100. The summed E-state index contributed by atoms with van der Waals surface area (Å²) >= 11 is 9.30. The molecule has 0 aliphatic carbocycles. The number of halogens is 3. The van der Waals surface area contributed by atoms with E-state index in [2.05, 4.69) is 31.3 Å². The van der Waals surface area contributed by atoms with Crippen LogP contribution in [-0.2, 0) is 4.79 Å². The Morgan fingerprint density at radius 2 is 2.07 bits per heavy atom. The molecule has 0 radical (unpaired) electrons. The zero-order valence-electron chi connectivity index (χ0n) is 14.9. The van der Waals surface area contributed by atoms with Crippen LogP contribution in [0.15, 0.2) is 47.1 Å². The molecule has 1 saturated heterocycles. The molecule has 2 aromatic heterocycles. The fraction of sp³-hybridized carbons (Fsp3) is 0.158. The van der Waals surface area contributed by atoms with Crippen LogP contribution in [0.2, 0.25) is 5.15 Å². The average Bonchev–Trinajstić information content (AvgIpc) is 3.12. The van der Waals surface area contributed by atoms with Gasteiger partial charge in [-0.2, -0.15) is 5.10 Å². The summed E-state index contributed by atoms with van der Waals surface area (Å²) in [7, 11) is 0. The highest BCUT2D eigenvalue weighted by molar-refractivity contribution is 9.10. The van der Waals surface area contributed by atoms with Gasteiger partial charge in [-0.15, -0.1) is 0 Å². The quantitative estimate of drug-likeness (QED) is 0.587. The summed E-state index contributed by atoms with van der Waals surface area (Å²) in [6.45, 7) is 0.738. The second-order valence-corrected chi connectivity index (χ2v) is 7.70. The first-order chi connectivity index (χ1) is 13.9. The SMILES string of the molecule is O=C1CN(C(=O)c2cc(-c3cc(F)cc(Br)c3)n(-c3ccnc(Cl)c3)n2)CCN1. The van der Waals surface area contributed by atoms with Crippen molar-refractivity contribution >= 4 is 39.3 Å². The van der Waals surface area contributed by atoms with E-state index < -0.39 is 5.82 Å². The van der Waals surface area contributed by atoms with Gasteiger partial charge in [0.1, 0.15) is 11.0 Å². The third-order valence-electron chi connectivity index (χ3n) is 4.37. The van der Waals surface area contributed by atoms with Crippen LogP contribution in [0.5, 0.6) is 0 Å². The van der Waals surface area contributed by atoms with Gasteiger partial charge in [0.15, 0.2) is 5.69 Å². The number of carbonyl (C=O) groups excluding carboxylic acids is 2. The second kappa shape index (κ2) is 7.92. The third kappa shape index (κ3) is 4.15. The summed E-state index contributed by atoms with van der Waals surface area (Å²) in [6.07, 6.45) is 1.51. The van der Waals surface area contributed by atoms with Gasteiger partial charge in [-0.1, -0.05) is 27.5 Å². The van der Waals surface area contributed by atoms with E-state index in [1.54, 1.807) is 24.3 Å². The molecule has 0 unspecified atom stereocenters. The lowest BCUT2D eigenvalue weighted by Gasteiger charge is -2.25. The van der Waals surface area contributed by atoms with Crippen LogP contribution < -0.4 is 5.32 Å². The minimum absolute atomic E-state index is 0.0341. The first kappa shape index (κ1) is 19.5. The van der Waals surface area contributed by atoms with Gasteiger partial charge >= 0.3 is 0 Å². The maximum Gasteiger partial charge on any atom is 0.274 e. The van der Waals surface area contributed by atoms with Crippen molar-refractivity contribution in [2.45, 2.75) is 0 Å². The van der Waals surface area contributed by atoms with Crippen molar-refractivity contribution < 1.29 is 14.0 Å². The van der Waals surface area contributed by atoms with Gasteiger partial charge in [0.05, 0.1) is 17.9 Å². The molecule has 1 fully saturated rings. The zero-order valence-corrected chi connectivity index (χ0v) is 17.2. The van der Waals surface area contributed by atoms with Gasteiger partial charge < -0.3 is 10.2 Å². The van der Waals surface area contributed by atoms with Crippen LogP contribution in [0.3, 0.4) is 0 Å². The minimum Gasteiger partial charge on any atom is -0.353 e. The predicted octanol–water partition coefficient (Wildman–Crippen LogP) is 3.06. The Labute approximate surface area is 178 Å². The predicted molar refractivity (Wildman–Crippen MR) is 108 cm³/mol. The molecule has 3 heterocycles. The van der Waals surface area contributed by atoms with Crippen LogP contribution in [0.25, 0.3) is 16.9 Å². The molecule has 7 nitrogen and oxygen atoms in total. The summed E-state index contributed by atoms with van der Waals surface area (Å²) in [4.78, 5) is 29.9. The zero-order chi connectivity index (χ0) is 20.5. The van der Waals surface area contributed by atoms with Crippen molar-refractivity contribution in [2.75, 3.05) is 19.6 Å². The van der Waals surface area contributed by atoms with E-state index in [0.717, 1.165) is 0 Å². The van der Waals surface area contributed by atoms with E-state index in [9.17, 15) is 14.0 Å². The fourth-order valence-electron chi connectivity index (χ4n) is 3.09. The number of piperazine rings is 1. The number of hydrogen-bond acceptors (Lipinski definition) is 4. The van der Waals surface area contributed by atoms with Gasteiger partial charge in [0, 0.05) is 35.4 Å². The van der Waals surface area contributed by atoms with Crippen LogP contribution >= 0.6 is 27.5 Å². The number of hydrogen-bond donors (Lipinski definition) is 1. The number of benzene rings is 1. The second-order valence-electron chi connectivity index (χ2n) is 6.40. The molecule has 29 heavy (non-hydrogen) atoms. The van der Waals surface area contributed by atoms with Gasteiger partial charge in [0.2, 0.25) is 5.91 Å². The minimum atomic E-state index is -0.435. The van der Waals surface area contributed by atoms with Crippen molar-refractivity contribution in [2.24, 2.45) is 0 Å². The lowest BCUT2D eigenvalue weighted by Crippen LogP contribution is -2.50. The van der Waals surface area contributed by atoms with Crippen LogP contribution in [0.4, 0.5) is 4.39 Å². The molecule has 10 heteroatoms. The topological polar surface area (TPSA) is 80.1 Å². The summed E-state index contributed by atoms with van der Waals surface area (Å²) in [5.74, 6) is -1.04.